The third-order valence-electron chi connectivity index (χ3n) is 9.24. The van der Waals surface area contributed by atoms with Gasteiger partial charge in [-0.2, -0.15) is 0 Å². The first-order chi connectivity index (χ1) is 14.7. The van der Waals surface area contributed by atoms with Crippen LogP contribution in [-0.2, 0) is 13.6 Å². The zero-order valence-electron chi connectivity index (χ0n) is 21.8. The number of carbonyl (C=O) groups is 1. The molecule has 3 unspecified atom stereocenters. The molecule has 0 radical (unpaired) electrons. The Kier molecular flexibility index (Phi) is 6.29. The molecule has 32 heavy (non-hydrogen) atoms. The number of allylic oxidation sites excluding steroid dienone is 3. The standard InChI is InChI=1S/C27H46O3Si2/c1-26-15-13-20(30-32(6,7)8)17-19(26)9-10-21-22-11-12-24(25(28)18-29-31(3,4)5)27(22,2)16-14-23(21)26/h13,17,21-24H,9-12,14-16,18H2,1-8H3/t21?,22?,23?,24-,26+,27+/m1/s1. The maximum atomic E-state index is 13.2. The van der Waals surface area contributed by atoms with Crippen LogP contribution in [0.1, 0.15) is 58.8 Å². The Morgan fingerprint density at radius 2 is 1.72 bits per heavy atom. The van der Waals surface area contributed by atoms with E-state index in [-0.39, 0.29) is 16.7 Å². The van der Waals surface area contributed by atoms with Crippen molar-refractivity contribution >= 4 is 22.4 Å². The van der Waals surface area contributed by atoms with E-state index in [1.165, 1.54) is 32.1 Å². The van der Waals surface area contributed by atoms with E-state index >= 15 is 0 Å². The molecule has 180 valence electrons. The van der Waals surface area contributed by atoms with Crippen molar-refractivity contribution in [2.45, 2.75) is 98.1 Å². The predicted molar refractivity (Wildman–Crippen MR) is 137 cm³/mol. The molecule has 0 aromatic carbocycles. The highest BCUT2D eigenvalue weighted by molar-refractivity contribution is 6.70. The third kappa shape index (κ3) is 4.50. The summed E-state index contributed by atoms with van der Waals surface area (Å²) in [5.41, 5.74) is 2.08. The predicted octanol–water partition coefficient (Wildman–Crippen LogP) is 7.33. The van der Waals surface area contributed by atoms with E-state index in [0.29, 0.717) is 18.3 Å². The minimum Gasteiger partial charge on any atom is -0.545 e. The van der Waals surface area contributed by atoms with Crippen LogP contribution in [0.5, 0.6) is 0 Å². The lowest BCUT2D eigenvalue weighted by molar-refractivity contribution is -0.132. The number of fused-ring (bicyclic) bond motifs is 5. The van der Waals surface area contributed by atoms with E-state index < -0.39 is 16.6 Å². The molecular formula is C27H46O3Si2. The first kappa shape index (κ1) is 24.5. The van der Waals surface area contributed by atoms with Crippen LogP contribution in [0.3, 0.4) is 0 Å². The van der Waals surface area contributed by atoms with Gasteiger partial charge in [0.2, 0.25) is 8.32 Å². The van der Waals surface area contributed by atoms with Crippen LogP contribution >= 0.6 is 0 Å². The van der Waals surface area contributed by atoms with E-state index in [2.05, 4.69) is 65.3 Å². The highest BCUT2D eigenvalue weighted by Gasteiger charge is 2.59. The van der Waals surface area contributed by atoms with Gasteiger partial charge in [0.25, 0.3) is 0 Å². The minimum atomic E-state index is -1.66. The van der Waals surface area contributed by atoms with Crippen molar-refractivity contribution in [1.82, 2.24) is 0 Å². The molecule has 4 aliphatic carbocycles. The van der Waals surface area contributed by atoms with E-state index in [4.69, 9.17) is 8.85 Å². The van der Waals surface area contributed by atoms with Crippen LogP contribution in [0.2, 0.25) is 39.3 Å². The molecule has 0 spiro atoms. The van der Waals surface area contributed by atoms with Crippen LogP contribution in [0, 0.1) is 34.5 Å². The zero-order valence-corrected chi connectivity index (χ0v) is 23.8. The van der Waals surface area contributed by atoms with Gasteiger partial charge in [-0.15, -0.1) is 0 Å². The van der Waals surface area contributed by atoms with Crippen molar-refractivity contribution < 1.29 is 13.6 Å². The van der Waals surface area contributed by atoms with E-state index in [0.717, 1.165) is 30.4 Å². The first-order valence-corrected chi connectivity index (χ1v) is 19.8. The molecule has 3 saturated carbocycles. The maximum absolute atomic E-state index is 13.2. The third-order valence-corrected chi connectivity index (χ3v) is 11.1. The number of Topliss-reactive ketones (excluding diaryl/α,β-unsaturated/α-hetero) is 1. The molecule has 0 bridgehead atoms. The summed E-state index contributed by atoms with van der Waals surface area (Å²) in [6.45, 7) is 18.7. The van der Waals surface area contributed by atoms with Crippen molar-refractivity contribution in [3.63, 3.8) is 0 Å². The Balaban J connectivity index is 1.50. The molecule has 6 atom stereocenters. The maximum Gasteiger partial charge on any atom is 0.242 e. The highest BCUT2D eigenvalue weighted by atomic mass is 28.4. The Morgan fingerprint density at radius 3 is 2.38 bits per heavy atom. The largest absolute Gasteiger partial charge is 0.545 e. The number of hydrogen-bond acceptors (Lipinski definition) is 3. The van der Waals surface area contributed by atoms with Gasteiger partial charge >= 0.3 is 0 Å². The normalized spacial score (nSPS) is 39.4. The second-order valence-corrected chi connectivity index (χ2v) is 22.5. The molecule has 3 fully saturated rings. The summed E-state index contributed by atoms with van der Waals surface area (Å²) >= 11 is 0. The highest BCUT2D eigenvalue weighted by Crippen LogP contribution is 2.66. The van der Waals surface area contributed by atoms with E-state index in [1.54, 1.807) is 5.57 Å². The Labute approximate surface area is 198 Å². The Morgan fingerprint density at radius 1 is 1.00 bits per heavy atom. The number of ketones is 1. The molecule has 3 nitrogen and oxygen atoms in total. The van der Waals surface area contributed by atoms with Gasteiger partial charge in [-0.1, -0.05) is 19.4 Å². The fourth-order valence-corrected chi connectivity index (χ4v) is 9.16. The summed E-state index contributed by atoms with van der Waals surface area (Å²) in [6, 6.07) is 0. The zero-order chi connectivity index (χ0) is 23.5. The summed E-state index contributed by atoms with van der Waals surface area (Å²) in [4.78, 5) is 13.2. The molecule has 0 aromatic heterocycles. The van der Waals surface area contributed by atoms with Gasteiger partial charge in [-0.25, -0.2) is 0 Å². The van der Waals surface area contributed by atoms with E-state index in [1.807, 2.05) is 0 Å². The van der Waals surface area contributed by atoms with Crippen LogP contribution < -0.4 is 0 Å². The summed E-state index contributed by atoms with van der Waals surface area (Å²) < 4.78 is 12.4. The van der Waals surface area contributed by atoms with Gasteiger partial charge in [0, 0.05) is 5.92 Å². The van der Waals surface area contributed by atoms with Crippen molar-refractivity contribution in [3.05, 3.63) is 23.5 Å². The summed E-state index contributed by atoms with van der Waals surface area (Å²) in [6.07, 6.45) is 13.2. The van der Waals surface area contributed by atoms with Crippen molar-refractivity contribution in [3.8, 4) is 0 Å². The van der Waals surface area contributed by atoms with Gasteiger partial charge in [-0.05, 0) is 125 Å². The number of hydrogen-bond donors (Lipinski definition) is 0. The van der Waals surface area contributed by atoms with Gasteiger partial charge < -0.3 is 8.85 Å². The van der Waals surface area contributed by atoms with Gasteiger partial charge in [-0.3, -0.25) is 4.79 Å². The monoisotopic (exact) mass is 474 g/mol. The molecule has 0 saturated heterocycles. The molecule has 5 heteroatoms. The average molecular weight is 475 g/mol. The number of carbonyl (C=O) groups excluding carboxylic acids is 1. The molecule has 0 N–H and O–H groups in total. The Bertz CT molecular complexity index is 818. The lowest BCUT2D eigenvalue weighted by atomic mass is 9.47. The van der Waals surface area contributed by atoms with Crippen LogP contribution in [0.4, 0.5) is 0 Å². The van der Waals surface area contributed by atoms with Crippen LogP contribution in [0.25, 0.3) is 0 Å². The summed E-state index contributed by atoms with van der Waals surface area (Å²) in [5, 5.41) is 0. The fraction of sp³-hybridized carbons (Fsp3) is 0.815. The smallest absolute Gasteiger partial charge is 0.242 e. The van der Waals surface area contributed by atoms with Gasteiger partial charge in [0.1, 0.15) is 0 Å². The molecular weight excluding hydrogens is 428 g/mol. The Hall–Kier alpha value is -0.656. The average Bonchev–Trinajstić information content (AvgIpc) is 3.02. The lowest BCUT2D eigenvalue weighted by Gasteiger charge is -2.57. The number of rotatable bonds is 6. The lowest BCUT2D eigenvalue weighted by Crippen LogP contribution is -2.51. The molecule has 0 aliphatic heterocycles. The molecule has 0 aromatic rings. The quantitative estimate of drug-likeness (QED) is 0.378. The fourth-order valence-electron chi connectivity index (χ4n) is 7.73. The van der Waals surface area contributed by atoms with Crippen LogP contribution in [0.15, 0.2) is 23.5 Å². The SMILES string of the molecule is C[C@]12CC=C(O[Si](C)(C)C)C=C1CCC1C2CC[C@@]2(C)C1CC[C@@H]2C(=O)CO[Si](C)(C)C. The first-order valence-electron chi connectivity index (χ1n) is 13.0. The van der Waals surface area contributed by atoms with Crippen molar-refractivity contribution in [1.29, 1.82) is 0 Å². The second-order valence-electron chi connectivity index (χ2n) is 13.6. The molecule has 4 aliphatic rings. The summed E-state index contributed by atoms with van der Waals surface area (Å²) in [7, 11) is -3.24. The summed E-state index contributed by atoms with van der Waals surface area (Å²) in [5.74, 6) is 3.93. The van der Waals surface area contributed by atoms with E-state index in [9.17, 15) is 4.79 Å². The topological polar surface area (TPSA) is 35.5 Å². The van der Waals surface area contributed by atoms with Crippen LogP contribution in [-0.4, -0.2) is 29.0 Å². The van der Waals surface area contributed by atoms with Gasteiger partial charge in [0.05, 0.1) is 12.4 Å². The second kappa shape index (κ2) is 8.23. The molecule has 0 heterocycles. The van der Waals surface area contributed by atoms with Gasteiger partial charge in [0.15, 0.2) is 14.1 Å². The minimum absolute atomic E-state index is 0.176. The van der Waals surface area contributed by atoms with Crippen molar-refractivity contribution in [2.24, 2.45) is 34.5 Å². The molecule has 0 amide bonds. The molecule has 4 rings (SSSR count). The van der Waals surface area contributed by atoms with Crippen molar-refractivity contribution in [2.75, 3.05) is 6.61 Å².